The van der Waals surface area contributed by atoms with Crippen LogP contribution < -0.4 is 5.32 Å². The van der Waals surface area contributed by atoms with Gasteiger partial charge in [0, 0.05) is 18.6 Å². The predicted octanol–water partition coefficient (Wildman–Crippen LogP) is 2.33. The van der Waals surface area contributed by atoms with Crippen LogP contribution in [-0.4, -0.2) is 30.6 Å². The zero-order valence-corrected chi connectivity index (χ0v) is 10.7. The topological polar surface area (TPSA) is 28.4 Å². The molecule has 0 amide bonds. The second-order valence-electron chi connectivity index (χ2n) is 5.06. The number of aryl methyl sites for hydroxylation is 1. The monoisotopic (exact) mass is 222 g/mol. The average Bonchev–Trinajstić information content (AvgIpc) is 2.75. The smallest absolute Gasteiger partial charge is 0.120 e. The minimum Gasteiger partial charge on any atom is -0.465 e. The number of likely N-dealkylation sites (N-methyl/N-ethyl adjacent to an activating group) is 1. The largest absolute Gasteiger partial charge is 0.465 e. The summed E-state index contributed by atoms with van der Waals surface area (Å²) in [6, 6.07) is 5.66. The lowest BCUT2D eigenvalue weighted by molar-refractivity contribution is 0.322. The van der Waals surface area contributed by atoms with E-state index in [0.29, 0.717) is 18.1 Å². The van der Waals surface area contributed by atoms with Crippen LogP contribution in [0.3, 0.4) is 0 Å². The van der Waals surface area contributed by atoms with E-state index in [0.717, 1.165) is 18.1 Å². The molecule has 0 aliphatic carbocycles. The number of nitrogens with one attached hydrogen (secondary N) is 1. The Bertz CT molecular complexity index is 337. The van der Waals surface area contributed by atoms with E-state index in [-0.39, 0.29) is 0 Å². The first-order chi connectivity index (χ1) is 7.56. The van der Waals surface area contributed by atoms with E-state index in [1.165, 1.54) is 6.42 Å². The molecule has 3 nitrogen and oxygen atoms in total. The quantitative estimate of drug-likeness (QED) is 0.851. The molecule has 1 aromatic heterocycles. The lowest BCUT2D eigenvalue weighted by Crippen LogP contribution is -2.33. The molecule has 3 atom stereocenters. The van der Waals surface area contributed by atoms with Crippen LogP contribution in [0.1, 0.15) is 37.8 Å². The van der Waals surface area contributed by atoms with Crippen molar-refractivity contribution in [3.8, 4) is 0 Å². The highest BCUT2D eigenvalue weighted by atomic mass is 16.3. The number of furan rings is 1. The average molecular weight is 222 g/mol. The number of hydrogen-bond donors (Lipinski definition) is 1. The van der Waals surface area contributed by atoms with Gasteiger partial charge in [0.25, 0.3) is 0 Å². The van der Waals surface area contributed by atoms with Gasteiger partial charge in [-0.2, -0.15) is 0 Å². The highest BCUT2D eigenvalue weighted by molar-refractivity contribution is 5.09. The molecule has 1 saturated heterocycles. The maximum atomic E-state index is 5.63. The van der Waals surface area contributed by atoms with E-state index in [4.69, 9.17) is 4.42 Å². The molecule has 0 radical (unpaired) electrons. The summed E-state index contributed by atoms with van der Waals surface area (Å²) >= 11 is 0. The summed E-state index contributed by atoms with van der Waals surface area (Å²) in [7, 11) is 2.19. The van der Waals surface area contributed by atoms with Gasteiger partial charge in [-0.1, -0.05) is 0 Å². The van der Waals surface area contributed by atoms with E-state index >= 15 is 0 Å². The standard InChI is InChI=1S/C13H22N2O/c1-9-7-12(8-15(9)4)14-11(3)13-6-5-10(2)16-13/h5-6,9,11-12,14H,7-8H2,1-4H3. The van der Waals surface area contributed by atoms with Crippen LogP contribution in [0.2, 0.25) is 0 Å². The second-order valence-corrected chi connectivity index (χ2v) is 5.06. The zero-order chi connectivity index (χ0) is 11.7. The first kappa shape index (κ1) is 11.7. The SMILES string of the molecule is Cc1ccc(C(C)NC2CC(C)N(C)C2)o1. The van der Waals surface area contributed by atoms with Crippen LogP contribution in [0.4, 0.5) is 0 Å². The molecule has 1 aliphatic heterocycles. The summed E-state index contributed by atoms with van der Waals surface area (Å²) in [6.07, 6.45) is 1.22. The van der Waals surface area contributed by atoms with Gasteiger partial charge in [-0.25, -0.2) is 0 Å². The maximum absolute atomic E-state index is 5.63. The normalized spacial score (nSPS) is 28.5. The third-order valence-corrected chi connectivity index (χ3v) is 3.56. The molecule has 0 spiro atoms. The summed E-state index contributed by atoms with van der Waals surface area (Å²) in [4.78, 5) is 2.40. The Hall–Kier alpha value is -0.800. The summed E-state index contributed by atoms with van der Waals surface area (Å²) in [5.41, 5.74) is 0. The van der Waals surface area contributed by atoms with Gasteiger partial charge in [0.1, 0.15) is 11.5 Å². The van der Waals surface area contributed by atoms with Crippen molar-refractivity contribution in [1.82, 2.24) is 10.2 Å². The Balaban J connectivity index is 1.91. The van der Waals surface area contributed by atoms with E-state index < -0.39 is 0 Å². The van der Waals surface area contributed by atoms with Crippen LogP contribution in [0, 0.1) is 6.92 Å². The number of likely N-dealkylation sites (tertiary alicyclic amines) is 1. The molecule has 3 unspecified atom stereocenters. The first-order valence-electron chi connectivity index (χ1n) is 6.09. The molecule has 1 N–H and O–H groups in total. The Labute approximate surface area is 97.8 Å². The van der Waals surface area contributed by atoms with Crippen LogP contribution in [0.5, 0.6) is 0 Å². The molecule has 16 heavy (non-hydrogen) atoms. The molecule has 2 heterocycles. The minimum absolute atomic E-state index is 0.303. The van der Waals surface area contributed by atoms with Gasteiger partial charge in [0.2, 0.25) is 0 Å². The summed E-state index contributed by atoms with van der Waals surface area (Å²) < 4.78 is 5.63. The zero-order valence-electron chi connectivity index (χ0n) is 10.7. The minimum atomic E-state index is 0.303. The Kier molecular flexibility index (Phi) is 3.36. The number of hydrogen-bond acceptors (Lipinski definition) is 3. The molecule has 0 aromatic carbocycles. The van der Waals surface area contributed by atoms with Crippen molar-refractivity contribution in [3.05, 3.63) is 23.7 Å². The van der Waals surface area contributed by atoms with E-state index in [9.17, 15) is 0 Å². The van der Waals surface area contributed by atoms with Gasteiger partial charge in [-0.3, -0.25) is 0 Å². The first-order valence-corrected chi connectivity index (χ1v) is 6.09. The summed E-state index contributed by atoms with van der Waals surface area (Å²) in [5, 5.41) is 3.63. The highest BCUT2D eigenvalue weighted by Crippen LogP contribution is 2.20. The third-order valence-electron chi connectivity index (χ3n) is 3.56. The van der Waals surface area contributed by atoms with Gasteiger partial charge >= 0.3 is 0 Å². The van der Waals surface area contributed by atoms with Gasteiger partial charge < -0.3 is 14.6 Å². The van der Waals surface area contributed by atoms with Crippen LogP contribution in [0.25, 0.3) is 0 Å². The molecule has 0 bridgehead atoms. The van der Waals surface area contributed by atoms with E-state index in [1.54, 1.807) is 0 Å². The Morgan fingerprint density at radius 3 is 2.75 bits per heavy atom. The Morgan fingerprint density at radius 2 is 2.25 bits per heavy atom. The summed E-state index contributed by atoms with van der Waals surface area (Å²) in [6.45, 7) is 7.57. The fourth-order valence-electron chi connectivity index (χ4n) is 2.44. The van der Waals surface area contributed by atoms with Crippen LogP contribution in [-0.2, 0) is 0 Å². The highest BCUT2D eigenvalue weighted by Gasteiger charge is 2.27. The maximum Gasteiger partial charge on any atom is 0.120 e. The van der Waals surface area contributed by atoms with Crippen molar-refractivity contribution in [3.63, 3.8) is 0 Å². The number of rotatable bonds is 3. The molecule has 0 saturated carbocycles. The predicted molar refractivity (Wildman–Crippen MR) is 65.5 cm³/mol. The van der Waals surface area contributed by atoms with Crippen molar-refractivity contribution in [1.29, 1.82) is 0 Å². The van der Waals surface area contributed by atoms with Crippen molar-refractivity contribution in [2.24, 2.45) is 0 Å². The van der Waals surface area contributed by atoms with Crippen molar-refractivity contribution >= 4 is 0 Å². The lowest BCUT2D eigenvalue weighted by Gasteiger charge is -2.17. The molecule has 1 fully saturated rings. The molecular weight excluding hydrogens is 200 g/mol. The summed E-state index contributed by atoms with van der Waals surface area (Å²) in [5.74, 6) is 2.03. The number of nitrogens with zero attached hydrogens (tertiary/aromatic N) is 1. The van der Waals surface area contributed by atoms with Gasteiger partial charge in [0.05, 0.1) is 6.04 Å². The molecule has 3 heteroatoms. The van der Waals surface area contributed by atoms with Gasteiger partial charge in [-0.05, 0) is 46.4 Å². The Morgan fingerprint density at radius 1 is 1.50 bits per heavy atom. The lowest BCUT2D eigenvalue weighted by atomic mass is 10.1. The third kappa shape index (κ3) is 2.47. The fraction of sp³-hybridized carbons (Fsp3) is 0.692. The van der Waals surface area contributed by atoms with Crippen molar-refractivity contribution < 1.29 is 4.42 Å². The molecule has 1 aliphatic rings. The van der Waals surface area contributed by atoms with E-state index in [1.807, 2.05) is 13.0 Å². The van der Waals surface area contributed by atoms with Crippen molar-refractivity contribution in [2.75, 3.05) is 13.6 Å². The van der Waals surface area contributed by atoms with Gasteiger partial charge in [-0.15, -0.1) is 0 Å². The molecular formula is C13H22N2O. The van der Waals surface area contributed by atoms with Gasteiger partial charge in [0.15, 0.2) is 0 Å². The van der Waals surface area contributed by atoms with Crippen LogP contribution >= 0.6 is 0 Å². The second kappa shape index (κ2) is 4.60. The molecule has 90 valence electrons. The van der Waals surface area contributed by atoms with Crippen molar-refractivity contribution in [2.45, 2.75) is 45.3 Å². The van der Waals surface area contributed by atoms with Crippen LogP contribution in [0.15, 0.2) is 16.5 Å². The molecule has 2 rings (SSSR count). The molecule has 1 aromatic rings. The fourth-order valence-corrected chi connectivity index (χ4v) is 2.44. The van der Waals surface area contributed by atoms with E-state index in [2.05, 4.69) is 37.2 Å².